The standard InChI is InChI=1S/C16H30N4O2/c21-14-16(22-20-8-2-1-3-9-20)19-12-10-18(11-13-19)15-4-6-17-7-5-15/h14-17H,1-13H2. The van der Waals surface area contributed by atoms with Crippen LogP contribution in [0.4, 0.5) is 0 Å². The molecule has 126 valence electrons. The molecule has 1 unspecified atom stereocenters. The SMILES string of the molecule is O=CC(ON1CCCCC1)N1CCN(C2CCNCC2)CC1. The first-order valence-electron chi connectivity index (χ1n) is 8.92. The molecule has 1 atom stereocenters. The van der Waals surface area contributed by atoms with Gasteiger partial charge in [0.25, 0.3) is 0 Å². The molecule has 0 aromatic rings. The van der Waals surface area contributed by atoms with Gasteiger partial charge in [-0.25, -0.2) is 0 Å². The lowest BCUT2D eigenvalue weighted by Crippen LogP contribution is -2.56. The van der Waals surface area contributed by atoms with Gasteiger partial charge in [-0.2, -0.15) is 5.06 Å². The van der Waals surface area contributed by atoms with Crippen LogP contribution in [0.15, 0.2) is 0 Å². The molecule has 0 aromatic carbocycles. The summed E-state index contributed by atoms with van der Waals surface area (Å²) in [5.41, 5.74) is 0. The van der Waals surface area contributed by atoms with Gasteiger partial charge in [-0.1, -0.05) is 6.42 Å². The number of nitrogens with one attached hydrogen (secondary N) is 1. The van der Waals surface area contributed by atoms with Gasteiger partial charge >= 0.3 is 0 Å². The maximum atomic E-state index is 11.4. The van der Waals surface area contributed by atoms with Crippen LogP contribution in [0, 0.1) is 0 Å². The molecule has 3 aliphatic rings. The molecule has 3 saturated heterocycles. The highest BCUT2D eigenvalue weighted by atomic mass is 16.7. The second-order valence-corrected chi connectivity index (χ2v) is 6.67. The molecular formula is C16H30N4O2. The van der Waals surface area contributed by atoms with Gasteiger partial charge in [0.15, 0.2) is 12.5 Å². The molecule has 1 N–H and O–H groups in total. The molecule has 6 nitrogen and oxygen atoms in total. The lowest BCUT2D eigenvalue weighted by molar-refractivity contribution is -0.238. The van der Waals surface area contributed by atoms with Gasteiger partial charge in [-0.3, -0.25) is 19.4 Å². The number of aldehydes is 1. The highest BCUT2D eigenvalue weighted by Crippen LogP contribution is 2.17. The van der Waals surface area contributed by atoms with Crippen LogP contribution in [0.1, 0.15) is 32.1 Å². The average Bonchev–Trinajstić information content (AvgIpc) is 2.61. The van der Waals surface area contributed by atoms with E-state index in [1.807, 2.05) is 5.06 Å². The molecule has 0 bridgehead atoms. The minimum Gasteiger partial charge on any atom is -0.317 e. The number of piperidine rings is 2. The Balaban J connectivity index is 1.45. The minimum atomic E-state index is -0.395. The Kier molecular flexibility index (Phi) is 6.20. The quantitative estimate of drug-likeness (QED) is 0.737. The second-order valence-electron chi connectivity index (χ2n) is 6.67. The predicted octanol–water partition coefficient (Wildman–Crippen LogP) is 0.299. The number of nitrogens with zero attached hydrogens (tertiary/aromatic N) is 3. The maximum absolute atomic E-state index is 11.4. The molecule has 0 spiro atoms. The Morgan fingerprint density at radius 2 is 1.64 bits per heavy atom. The van der Waals surface area contributed by atoms with Gasteiger partial charge in [0, 0.05) is 45.3 Å². The van der Waals surface area contributed by atoms with Crippen molar-refractivity contribution in [3.8, 4) is 0 Å². The molecule has 0 saturated carbocycles. The van der Waals surface area contributed by atoms with Crippen LogP contribution < -0.4 is 5.32 Å². The summed E-state index contributed by atoms with van der Waals surface area (Å²) in [5.74, 6) is 0. The summed E-state index contributed by atoms with van der Waals surface area (Å²) in [7, 11) is 0. The molecule has 3 heterocycles. The van der Waals surface area contributed by atoms with E-state index in [4.69, 9.17) is 4.84 Å². The molecule has 0 aliphatic carbocycles. The highest BCUT2D eigenvalue weighted by molar-refractivity contribution is 5.55. The molecule has 3 aliphatic heterocycles. The summed E-state index contributed by atoms with van der Waals surface area (Å²) < 4.78 is 0. The van der Waals surface area contributed by atoms with Gasteiger partial charge in [-0.15, -0.1) is 0 Å². The maximum Gasteiger partial charge on any atom is 0.188 e. The Morgan fingerprint density at radius 1 is 0.955 bits per heavy atom. The summed E-state index contributed by atoms with van der Waals surface area (Å²) in [6.45, 7) is 8.16. The first kappa shape index (κ1) is 16.3. The van der Waals surface area contributed by atoms with Crippen LogP contribution in [0.3, 0.4) is 0 Å². The van der Waals surface area contributed by atoms with Gasteiger partial charge in [0.1, 0.15) is 0 Å². The highest BCUT2D eigenvalue weighted by Gasteiger charge is 2.29. The van der Waals surface area contributed by atoms with Crippen molar-refractivity contribution in [3.63, 3.8) is 0 Å². The van der Waals surface area contributed by atoms with E-state index in [9.17, 15) is 4.79 Å². The second kappa shape index (κ2) is 8.36. The third kappa shape index (κ3) is 4.26. The zero-order chi connectivity index (χ0) is 15.2. The van der Waals surface area contributed by atoms with E-state index in [-0.39, 0.29) is 0 Å². The Bertz CT molecular complexity index is 335. The number of rotatable bonds is 5. The van der Waals surface area contributed by atoms with Crippen molar-refractivity contribution in [2.75, 3.05) is 52.4 Å². The van der Waals surface area contributed by atoms with Gasteiger partial charge in [-0.05, 0) is 38.8 Å². The largest absolute Gasteiger partial charge is 0.317 e. The molecule has 3 rings (SSSR count). The van der Waals surface area contributed by atoms with Crippen LogP contribution in [0.2, 0.25) is 0 Å². The van der Waals surface area contributed by atoms with Crippen molar-refractivity contribution in [1.29, 1.82) is 0 Å². The zero-order valence-electron chi connectivity index (χ0n) is 13.6. The van der Waals surface area contributed by atoms with Gasteiger partial charge in [0.05, 0.1) is 0 Å². The van der Waals surface area contributed by atoms with Crippen LogP contribution in [-0.4, -0.2) is 85.8 Å². The molecule has 0 amide bonds. The number of hydroxylamine groups is 2. The van der Waals surface area contributed by atoms with E-state index in [0.29, 0.717) is 0 Å². The zero-order valence-corrected chi connectivity index (χ0v) is 13.6. The van der Waals surface area contributed by atoms with E-state index < -0.39 is 6.23 Å². The van der Waals surface area contributed by atoms with Crippen LogP contribution in [-0.2, 0) is 9.63 Å². The minimum absolute atomic E-state index is 0.395. The van der Waals surface area contributed by atoms with E-state index in [1.54, 1.807) is 0 Å². The normalized spacial score (nSPS) is 28.5. The summed E-state index contributed by atoms with van der Waals surface area (Å²) in [6.07, 6.45) is 6.70. The summed E-state index contributed by atoms with van der Waals surface area (Å²) in [5, 5.41) is 5.41. The van der Waals surface area contributed by atoms with E-state index >= 15 is 0 Å². The van der Waals surface area contributed by atoms with E-state index in [1.165, 1.54) is 32.1 Å². The first-order chi connectivity index (χ1) is 10.9. The van der Waals surface area contributed by atoms with Crippen molar-refractivity contribution in [2.24, 2.45) is 0 Å². The van der Waals surface area contributed by atoms with Crippen molar-refractivity contribution in [1.82, 2.24) is 20.2 Å². The monoisotopic (exact) mass is 310 g/mol. The summed E-state index contributed by atoms with van der Waals surface area (Å²) >= 11 is 0. The lowest BCUT2D eigenvalue weighted by atomic mass is 10.0. The lowest BCUT2D eigenvalue weighted by Gasteiger charge is -2.42. The third-order valence-corrected chi connectivity index (χ3v) is 5.22. The number of piperazine rings is 1. The van der Waals surface area contributed by atoms with E-state index in [0.717, 1.165) is 64.7 Å². The number of carbonyl (C=O) groups excluding carboxylic acids is 1. The Labute approximate surface area is 133 Å². The topological polar surface area (TPSA) is 48.1 Å². The fraction of sp³-hybridized carbons (Fsp3) is 0.938. The number of carbonyl (C=O) groups is 1. The van der Waals surface area contributed by atoms with Crippen molar-refractivity contribution >= 4 is 6.29 Å². The van der Waals surface area contributed by atoms with Gasteiger partial charge < -0.3 is 5.32 Å². The molecule has 0 radical (unpaired) electrons. The predicted molar refractivity (Wildman–Crippen MR) is 85.4 cm³/mol. The fourth-order valence-corrected chi connectivity index (χ4v) is 3.83. The van der Waals surface area contributed by atoms with E-state index in [2.05, 4.69) is 15.1 Å². The molecule has 22 heavy (non-hydrogen) atoms. The molecule has 6 heteroatoms. The first-order valence-corrected chi connectivity index (χ1v) is 8.92. The van der Waals surface area contributed by atoms with Crippen LogP contribution in [0.25, 0.3) is 0 Å². The summed E-state index contributed by atoms with van der Waals surface area (Å²) in [6, 6.07) is 0.723. The number of hydrogen-bond donors (Lipinski definition) is 1. The Hall–Kier alpha value is -0.530. The fourth-order valence-electron chi connectivity index (χ4n) is 3.83. The number of hydrogen-bond acceptors (Lipinski definition) is 6. The van der Waals surface area contributed by atoms with Crippen molar-refractivity contribution in [3.05, 3.63) is 0 Å². The Morgan fingerprint density at radius 3 is 2.27 bits per heavy atom. The van der Waals surface area contributed by atoms with Crippen LogP contribution in [0.5, 0.6) is 0 Å². The van der Waals surface area contributed by atoms with Crippen LogP contribution >= 0.6 is 0 Å². The summed E-state index contributed by atoms with van der Waals surface area (Å²) in [4.78, 5) is 22.2. The third-order valence-electron chi connectivity index (χ3n) is 5.22. The van der Waals surface area contributed by atoms with Gasteiger partial charge in [0.2, 0.25) is 0 Å². The van der Waals surface area contributed by atoms with Crippen molar-refractivity contribution < 1.29 is 9.63 Å². The van der Waals surface area contributed by atoms with Crippen molar-refractivity contribution in [2.45, 2.75) is 44.4 Å². The molecular weight excluding hydrogens is 280 g/mol. The molecule has 3 fully saturated rings. The average molecular weight is 310 g/mol. The smallest absolute Gasteiger partial charge is 0.188 e. The molecule has 0 aromatic heterocycles.